The molecule has 0 amide bonds. The number of nitrogens with one attached hydrogen (secondary N) is 1. The molecule has 0 unspecified atom stereocenters. The van der Waals surface area contributed by atoms with Crippen LogP contribution in [0.2, 0.25) is 0 Å². The summed E-state index contributed by atoms with van der Waals surface area (Å²) in [7, 11) is -1.62. The molecule has 0 aliphatic carbocycles. The van der Waals surface area contributed by atoms with Crippen LogP contribution >= 0.6 is 0 Å². The minimum atomic E-state index is -3.71. The van der Waals surface area contributed by atoms with Gasteiger partial charge in [0, 0.05) is 18.2 Å². The van der Waals surface area contributed by atoms with Crippen LogP contribution in [0.1, 0.15) is 24.8 Å². The molecule has 1 aromatic carbocycles. The summed E-state index contributed by atoms with van der Waals surface area (Å²) in [6.45, 7) is 4.03. The van der Waals surface area contributed by atoms with E-state index in [1.165, 1.54) is 12.1 Å². The molecule has 0 radical (unpaired) electrons. The molecular weight excluding hydrogens is 318 g/mol. The molecule has 0 bridgehead atoms. The third-order valence-electron chi connectivity index (χ3n) is 4.37. The first-order valence-corrected chi connectivity index (χ1v) is 9.21. The summed E-state index contributed by atoms with van der Waals surface area (Å²) in [5, 5.41) is 10.9. The highest BCUT2D eigenvalue weighted by molar-refractivity contribution is 7.89. The van der Waals surface area contributed by atoms with E-state index in [0.29, 0.717) is 18.0 Å². The summed E-state index contributed by atoms with van der Waals surface area (Å²) in [5.41, 5.74) is 0.267. The number of likely N-dealkylation sites (tertiary alicyclic amines) is 1. The molecule has 1 aliphatic heterocycles. The first-order chi connectivity index (χ1) is 10.8. The first-order valence-electron chi connectivity index (χ1n) is 7.73. The van der Waals surface area contributed by atoms with Gasteiger partial charge in [-0.25, -0.2) is 13.1 Å². The average molecular weight is 341 g/mol. The normalized spacial score (nSPS) is 17.3. The lowest BCUT2D eigenvalue weighted by Gasteiger charge is -2.28. The van der Waals surface area contributed by atoms with Gasteiger partial charge in [0.25, 0.3) is 5.69 Å². The zero-order valence-corrected chi connectivity index (χ0v) is 14.3. The molecule has 1 heterocycles. The highest BCUT2D eigenvalue weighted by Crippen LogP contribution is 2.23. The van der Waals surface area contributed by atoms with Crippen LogP contribution in [0.15, 0.2) is 23.1 Å². The van der Waals surface area contributed by atoms with Crippen LogP contribution in [0.4, 0.5) is 5.69 Å². The summed E-state index contributed by atoms with van der Waals surface area (Å²) >= 11 is 0. The Morgan fingerprint density at radius 1 is 1.35 bits per heavy atom. The molecular formula is C15H23N3O4S. The van der Waals surface area contributed by atoms with Gasteiger partial charge in [-0.2, -0.15) is 0 Å². The zero-order chi connectivity index (χ0) is 17.0. The molecule has 8 heteroatoms. The molecule has 0 aromatic heterocycles. The van der Waals surface area contributed by atoms with Crippen LogP contribution in [0, 0.1) is 23.0 Å². The Morgan fingerprint density at radius 2 is 2.00 bits per heavy atom. The van der Waals surface area contributed by atoms with Gasteiger partial charge in [0.1, 0.15) is 0 Å². The molecule has 23 heavy (non-hydrogen) atoms. The Balaban J connectivity index is 1.96. The van der Waals surface area contributed by atoms with Crippen molar-refractivity contribution in [2.45, 2.75) is 31.1 Å². The smallest absolute Gasteiger partial charge is 0.273 e. The summed E-state index contributed by atoms with van der Waals surface area (Å²) in [4.78, 5) is 12.6. The van der Waals surface area contributed by atoms with E-state index in [1.54, 1.807) is 6.92 Å². The number of nitrogens with zero attached hydrogens (tertiary/aromatic N) is 2. The maximum absolute atomic E-state index is 12.3. The quantitative estimate of drug-likeness (QED) is 0.630. The fraction of sp³-hybridized carbons (Fsp3) is 0.600. The summed E-state index contributed by atoms with van der Waals surface area (Å²) in [6, 6.07) is 3.98. The maximum atomic E-state index is 12.3. The number of nitro groups is 1. The summed E-state index contributed by atoms with van der Waals surface area (Å²) in [5.74, 6) is 0.529. The molecule has 1 aliphatic rings. The molecule has 2 rings (SSSR count). The number of sulfonamides is 1. The van der Waals surface area contributed by atoms with E-state index in [0.717, 1.165) is 38.4 Å². The van der Waals surface area contributed by atoms with Gasteiger partial charge in [-0.15, -0.1) is 0 Å². The second-order valence-electron chi connectivity index (χ2n) is 6.14. The van der Waals surface area contributed by atoms with Crippen molar-refractivity contribution in [3.05, 3.63) is 33.9 Å². The summed E-state index contributed by atoms with van der Waals surface area (Å²) < 4.78 is 27.1. The van der Waals surface area contributed by atoms with E-state index >= 15 is 0 Å². The van der Waals surface area contributed by atoms with E-state index in [1.807, 2.05) is 0 Å². The van der Waals surface area contributed by atoms with E-state index in [-0.39, 0.29) is 10.6 Å². The highest BCUT2D eigenvalue weighted by Gasteiger charge is 2.21. The zero-order valence-electron chi connectivity index (χ0n) is 13.5. The molecule has 1 aromatic rings. The fourth-order valence-corrected chi connectivity index (χ4v) is 3.85. The van der Waals surface area contributed by atoms with Crippen LogP contribution in [0.5, 0.6) is 0 Å². The number of rotatable bonds is 6. The third kappa shape index (κ3) is 4.73. The maximum Gasteiger partial charge on any atom is 0.273 e. The van der Waals surface area contributed by atoms with Gasteiger partial charge < -0.3 is 4.90 Å². The van der Waals surface area contributed by atoms with Crippen LogP contribution in [-0.4, -0.2) is 44.9 Å². The number of hydrogen-bond donors (Lipinski definition) is 1. The van der Waals surface area contributed by atoms with Gasteiger partial charge in [-0.3, -0.25) is 10.1 Å². The van der Waals surface area contributed by atoms with E-state index in [9.17, 15) is 18.5 Å². The Hall–Kier alpha value is -1.51. The van der Waals surface area contributed by atoms with Crippen molar-refractivity contribution in [3.8, 4) is 0 Å². The first kappa shape index (κ1) is 17.8. The van der Waals surface area contributed by atoms with E-state index < -0.39 is 14.9 Å². The second kappa shape index (κ2) is 7.37. The van der Waals surface area contributed by atoms with Crippen LogP contribution < -0.4 is 4.72 Å². The van der Waals surface area contributed by atoms with Crippen molar-refractivity contribution in [3.63, 3.8) is 0 Å². The topological polar surface area (TPSA) is 92.6 Å². The van der Waals surface area contributed by atoms with Gasteiger partial charge in [0.15, 0.2) is 0 Å². The van der Waals surface area contributed by atoms with Crippen LogP contribution in [0.25, 0.3) is 0 Å². The lowest BCUT2D eigenvalue weighted by atomic mass is 9.94. The SMILES string of the molecule is Cc1ccc(S(=O)(=O)NCCC2CCN(C)CC2)cc1[N+](=O)[O-]. The van der Waals surface area contributed by atoms with Crippen molar-refractivity contribution in [1.82, 2.24) is 9.62 Å². The lowest BCUT2D eigenvalue weighted by molar-refractivity contribution is -0.385. The number of hydrogen-bond acceptors (Lipinski definition) is 5. The fourth-order valence-electron chi connectivity index (χ4n) is 2.78. The second-order valence-corrected chi connectivity index (χ2v) is 7.91. The predicted molar refractivity (Wildman–Crippen MR) is 87.9 cm³/mol. The van der Waals surface area contributed by atoms with Gasteiger partial charge in [-0.05, 0) is 58.3 Å². The molecule has 0 atom stereocenters. The molecule has 0 spiro atoms. The van der Waals surface area contributed by atoms with E-state index in [4.69, 9.17) is 0 Å². The minimum absolute atomic E-state index is 0.0572. The Labute approximate surface area is 136 Å². The van der Waals surface area contributed by atoms with Crippen molar-refractivity contribution >= 4 is 15.7 Å². The Morgan fingerprint density at radius 3 is 2.61 bits per heavy atom. The third-order valence-corrected chi connectivity index (χ3v) is 5.83. The molecule has 1 N–H and O–H groups in total. The molecule has 1 saturated heterocycles. The van der Waals surface area contributed by atoms with Crippen molar-refractivity contribution in [2.24, 2.45) is 5.92 Å². The van der Waals surface area contributed by atoms with Crippen molar-refractivity contribution in [1.29, 1.82) is 0 Å². The largest absolute Gasteiger partial charge is 0.306 e. The van der Waals surface area contributed by atoms with Crippen LogP contribution in [-0.2, 0) is 10.0 Å². The molecule has 7 nitrogen and oxygen atoms in total. The van der Waals surface area contributed by atoms with Gasteiger partial charge in [-0.1, -0.05) is 6.07 Å². The molecule has 128 valence electrons. The predicted octanol–water partition coefficient (Wildman–Crippen LogP) is 1.91. The number of benzene rings is 1. The molecule has 1 fully saturated rings. The van der Waals surface area contributed by atoms with Crippen molar-refractivity contribution < 1.29 is 13.3 Å². The average Bonchev–Trinajstić information content (AvgIpc) is 2.49. The van der Waals surface area contributed by atoms with E-state index in [2.05, 4.69) is 16.7 Å². The summed E-state index contributed by atoms with van der Waals surface area (Å²) in [6.07, 6.45) is 2.95. The number of nitro benzene ring substituents is 1. The Kier molecular flexibility index (Phi) is 5.72. The minimum Gasteiger partial charge on any atom is -0.306 e. The van der Waals surface area contributed by atoms with Gasteiger partial charge in [0.2, 0.25) is 10.0 Å². The molecule has 0 saturated carbocycles. The van der Waals surface area contributed by atoms with Crippen LogP contribution in [0.3, 0.4) is 0 Å². The van der Waals surface area contributed by atoms with Gasteiger partial charge >= 0.3 is 0 Å². The monoisotopic (exact) mass is 341 g/mol. The highest BCUT2D eigenvalue weighted by atomic mass is 32.2. The standard InChI is InChI=1S/C15H23N3O4S/c1-12-3-4-14(11-15(12)18(19)20)23(21,22)16-8-5-13-6-9-17(2)10-7-13/h3-4,11,13,16H,5-10H2,1-2H3. The van der Waals surface area contributed by atoms with Crippen molar-refractivity contribution in [2.75, 3.05) is 26.7 Å². The lowest BCUT2D eigenvalue weighted by Crippen LogP contribution is -2.32. The van der Waals surface area contributed by atoms with Gasteiger partial charge in [0.05, 0.1) is 9.82 Å². The Bertz CT molecular complexity index is 667. The number of aryl methyl sites for hydroxylation is 1. The number of piperidine rings is 1.